The van der Waals surface area contributed by atoms with Crippen LogP contribution in [0.25, 0.3) is 0 Å². The van der Waals surface area contributed by atoms with Crippen LogP contribution in [0.5, 0.6) is 0 Å². The van der Waals surface area contributed by atoms with Crippen molar-refractivity contribution >= 4 is 6.03 Å². The standard InChI is InChI=1S/C17H28N4O2/c1-11(2)19-17(22)20-9-13-5-15(21-8-12(3)7-18-21)16(23-4)6-14(13)10-20/h7-8,11,13-16H,5-6,9-10H2,1-4H3,(H,19,22)/t13-,14+,15-,16-/m0/s1. The van der Waals surface area contributed by atoms with Crippen LogP contribution in [-0.4, -0.2) is 53.1 Å². The highest BCUT2D eigenvalue weighted by molar-refractivity contribution is 5.74. The van der Waals surface area contributed by atoms with Gasteiger partial charge in [0.25, 0.3) is 0 Å². The van der Waals surface area contributed by atoms with E-state index in [9.17, 15) is 4.79 Å². The van der Waals surface area contributed by atoms with Crippen molar-refractivity contribution in [3.8, 4) is 0 Å². The van der Waals surface area contributed by atoms with Crippen LogP contribution in [0.1, 0.15) is 38.3 Å². The number of likely N-dealkylation sites (tertiary alicyclic amines) is 1. The first-order valence-corrected chi connectivity index (χ1v) is 8.57. The average molecular weight is 320 g/mol. The van der Waals surface area contributed by atoms with Gasteiger partial charge in [-0.3, -0.25) is 4.68 Å². The molecule has 6 heteroatoms. The lowest BCUT2D eigenvalue weighted by atomic mass is 9.77. The van der Waals surface area contributed by atoms with Gasteiger partial charge in [0.05, 0.1) is 18.3 Å². The molecule has 1 aromatic heterocycles. The molecule has 1 saturated carbocycles. The van der Waals surface area contributed by atoms with Gasteiger partial charge in [0, 0.05) is 32.4 Å². The molecule has 2 fully saturated rings. The molecule has 0 unspecified atom stereocenters. The Morgan fingerprint density at radius 1 is 1.35 bits per heavy atom. The topological polar surface area (TPSA) is 59.4 Å². The minimum Gasteiger partial charge on any atom is -0.379 e. The molecular formula is C17H28N4O2. The first kappa shape index (κ1) is 16.3. The summed E-state index contributed by atoms with van der Waals surface area (Å²) in [6.07, 6.45) is 6.18. The molecule has 1 aromatic rings. The van der Waals surface area contributed by atoms with Crippen molar-refractivity contribution in [1.29, 1.82) is 0 Å². The molecule has 128 valence electrons. The molecule has 2 amide bonds. The van der Waals surface area contributed by atoms with E-state index in [-0.39, 0.29) is 24.2 Å². The maximum atomic E-state index is 12.3. The van der Waals surface area contributed by atoms with E-state index >= 15 is 0 Å². The molecule has 0 aromatic carbocycles. The number of aromatic nitrogens is 2. The van der Waals surface area contributed by atoms with Crippen LogP contribution in [0, 0.1) is 18.8 Å². The van der Waals surface area contributed by atoms with Gasteiger partial charge in [0.15, 0.2) is 0 Å². The molecule has 1 aliphatic carbocycles. The molecule has 4 atom stereocenters. The van der Waals surface area contributed by atoms with Crippen molar-refractivity contribution in [3.05, 3.63) is 18.0 Å². The molecule has 3 rings (SSSR count). The number of aryl methyl sites for hydroxylation is 1. The molecular weight excluding hydrogens is 292 g/mol. The number of hydrogen-bond donors (Lipinski definition) is 1. The highest BCUT2D eigenvalue weighted by Gasteiger charge is 2.44. The number of ether oxygens (including phenoxy) is 1. The van der Waals surface area contributed by atoms with E-state index in [1.54, 1.807) is 7.11 Å². The number of fused-ring (bicyclic) bond motifs is 1. The first-order valence-electron chi connectivity index (χ1n) is 8.57. The predicted octanol–water partition coefficient (Wildman–Crippen LogP) is 2.21. The Morgan fingerprint density at radius 3 is 2.61 bits per heavy atom. The smallest absolute Gasteiger partial charge is 0.317 e. The summed E-state index contributed by atoms with van der Waals surface area (Å²) in [7, 11) is 1.78. The van der Waals surface area contributed by atoms with Gasteiger partial charge in [-0.15, -0.1) is 0 Å². The molecule has 1 N–H and O–H groups in total. The van der Waals surface area contributed by atoms with E-state index in [1.165, 1.54) is 5.56 Å². The van der Waals surface area contributed by atoms with Gasteiger partial charge in [-0.2, -0.15) is 5.10 Å². The Hall–Kier alpha value is -1.56. The molecule has 2 heterocycles. The third-order valence-electron chi connectivity index (χ3n) is 5.16. The fraction of sp³-hybridized carbons (Fsp3) is 0.765. The van der Waals surface area contributed by atoms with Crippen molar-refractivity contribution in [1.82, 2.24) is 20.0 Å². The zero-order valence-electron chi connectivity index (χ0n) is 14.5. The minimum atomic E-state index is 0.0647. The van der Waals surface area contributed by atoms with Crippen LogP contribution >= 0.6 is 0 Å². The van der Waals surface area contributed by atoms with Crippen molar-refractivity contribution in [3.63, 3.8) is 0 Å². The fourth-order valence-electron chi connectivity index (χ4n) is 4.04. The number of amides is 2. The molecule has 6 nitrogen and oxygen atoms in total. The lowest BCUT2D eigenvalue weighted by Gasteiger charge is -2.37. The summed E-state index contributed by atoms with van der Waals surface area (Å²) in [6.45, 7) is 7.74. The Kier molecular flexibility index (Phi) is 4.62. The number of methoxy groups -OCH3 is 1. The highest BCUT2D eigenvalue weighted by Crippen LogP contribution is 2.42. The second-order valence-corrected chi connectivity index (χ2v) is 7.34. The highest BCUT2D eigenvalue weighted by atomic mass is 16.5. The summed E-state index contributed by atoms with van der Waals surface area (Å²) in [6, 6.07) is 0.509. The van der Waals surface area contributed by atoms with Crippen LogP contribution in [0.3, 0.4) is 0 Å². The molecule has 0 bridgehead atoms. The molecule has 0 spiro atoms. The van der Waals surface area contributed by atoms with Crippen LogP contribution in [0.4, 0.5) is 4.79 Å². The summed E-state index contributed by atoms with van der Waals surface area (Å²) < 4.78 is 7.81. The largest absolute Gasteiger partial charge is 0.379 e. The number of urea groups is 1. The van der Waals surface area contributed by atoms with Gasteiger partial charge in [-0.1, -0.05) is 0 Å². The summed E-state index contributed by atoms with van der Waals surface area (Å²) in [5, 5.41) is 7.49. The summed E-state index contributed by atoms with van der Waals surface area (Å²) in [4.78, 5) is 14.2. The molecule has 1 aliphatic heterocycles. The Morgan fingerprint density at radius 2 is 2.04 bits per heavy atom. The number of hydrogen-bond acceptors (Lipinski definition) is 3. The van der Waals surface area contributed by atoms with Gasteiger partial charge in [0.2, 0.25) is 0 Å². The monoisotopic (exact) mass is 320 g/mol. The molecule has 23 heavy (non-hydrogen) atoms. The zero-order chi connectivity index (χ0) is 16.6. The Balaban J connectivity index is 1.70. The van der Waals surface area contributed by atoms with Gasteiger partial charge in [0.1, 0.15) is 0 Å². The lowest BCUT2D eigenvalue weighted by molar-refractivity contribution is -0.00487. The van der Waals surface area contributed by atoms with E-state index in [0.29, 0.717) is 11.8 Å². The van der Waals surface area contributed by atoms with Crippen molar-refractivity contribution in [2.75, 3.05) is 20.2 Å². The minimum absolute atomic E-state index is 0.0647. The SMILES string of the molecule is CO[C@H]1C[C@@H]2CN(C(=O)NC(C)C)C[C@@H]2C[C@@H]1n1cc(C)cn1. The van der Waals surface area contributed by atoms with Gasteiger partial charge >= 0.3 is 6.03 Å². The second kappa shape index (κ2) is 6.51. The predicted molar refractivity (Wildman–Crippen MR) is 88.3 cm³/mol. The molecule has 0 radical (unpaired) electrons. The summed E-state index contributed by atoms with van der Waals surface area (Å²) >= 11 is 0. The van der Waals surface area contributed by atoms with Gasteiger partial charge < -0.3 is 15.0 Å². The first-order chi connectivity index (χ1) is 11.0. The van der Waals surface area contributed by atoms with Crippen LogP contribution < -0.4 is 5.32 Å². The van der Waals surface area contributed by atoms with E-state index in [2.05, 4.69) is 28.2 Å². The molecule has 2 aliphatic rings. The third-order valence-corrected chi connectivity index (χ3v) is 5.16. The number of carbonyl (C=O) groups excluding carboxylic acids is 1. The summed E-state index contributed by atoms with van der Waals surface area (Å²) in [5.74, 6) is 1.07. The maximum Gasteiger partial charge on any atom is 0.317 e. The quantitative estimate of drug-likeness (QED) is 0.929. The Bertz CT molecular complexity index is 557. The average Bonchev–Trinajstić information content (AvgIpc) is 3.10. The van der Waals surface area contributed by atoms with Gasteiger partial charge in [-0.05, 0) is 51.0 Å². The zero-order valence-corrected chi connectivity index (χ0v) is 14.5. The second-order valence-electron chi connectivity index (χ2n) is 7.34. The van der Waals surface area contributed by atoms with Crippen LogP contribution in [0.2, 0.25) is 0 Å². The molecule has 1 saturated heterocycles. The van der Waals surface area contributed by atoms with Crippen LogP contribution in [-0.2, 0) is 4.74 Å². The fourth-order valence-corrected chi connectivity index (χ4v) is 4.04. The van der Waals surface area contributed by atoms with E-state index < -0.39 is 0 Å². The van der Waals surface area contributed by atoms with Crippen molar-refractivity contribution in [2.24, 2.45) is 11.8 Å². The number of carbonyl (C=O) groups is 1. The van der Waals surface area contributed by atoms with Crippen molar-refractivity contribution < 1.29 is 9.53 Å². The van der Waals surface area contributed by atoms with E-state index in [1.807, 2.05) is 24.9 Å². The number of rotatable bonds is 3. The number of nitrogens with zero attached hydrogens (tertiary/aromatic N) is 3. The number of nitrogens with one attached hydrogen (secondary N) is 1. The lowest BCUT2D eigenvalue weighted by Crippen LogP contribution is -2.41. The van der Waals surface area contributed by atoms with E-state index in [4.69, 9.17) is 4.74 Å². The van der Waals surface area contributed by atoms with E-state index in [0.717, 1.165) is 25.9 Å². The normalized spacial score (nSPS) is 30.6. The van der Waals surface area contributed by atoms with Crippen LogP contribution in [0.15, 0.2) is 12.4 Å². The van der Waals surface area contributed by atoms with Gasteiger partial charge in [-0.25, -0.2) is 4.79 Å². The Labute approximate surface area is 138 Å². The summed E-state index contributed by atoms with van der Waals surface area (Å²) in [5.41, 5.74) is 1.17. The van der Waals surface area contributed by atoms with Crippen molar-refractivity contribution in [2.45, 2.75) is 51.8 Å². The maximum absolute atomic E-state index is 12.3. The third kappa shape index (κ3) is 3.37.